The molecule has 0 aliphatic rings. The largest absolute Gasteiger partial charge is 0.374 e. The molecule has 0 aliphatic carbocycles. The fourth-order valence-electron chi connectivity index (χ4n) is 1.53. The SMILES string of the molecule is CC(C)OCc1c[nH]c2cc(Br)ccc12. The molecule has 2 aromatic rings. The Labute approximate surface area is 97.8 Å². The normalized spacial score (nSPS) is 11.5. The van der Waals surface area contributed by atoms with Crippen molar-refractivity contribution in [2.24, 2.45) is 0 Å². The number of aromatic amines is 1. The molecule has 0 unspecified atom stereocenters. The molecule has 15 heavy (non-hydrogen) atoms. The Morgan fingerprint density at radius 3 is 2.93 bits per heavy atom. The molecule has 0 amide bonds. The van der Waals surface area contributed by atoms with Gasteiger partial charge in [-0.3, -0.25) is 0 Å². The minimum Gasteiger partial charge on any atom is -0.374 e. The second-order valence-electron chi connectivity index (χ2n) is 3.86. The van der Waals surface area contributed by atoms with Crippen molar-refractivity contribution >= 4 is 26.8 Å². The number of nitrogens with one attached hydrogen (secondary N) is 1. The summed E-state index contributed by atoms with van der Waals surface area (Å²) < 4.78 is 6.68. The second-order valence-corrected chi connectivity index (χ2v) is 4.78. The number of H-pyrrole nitrogens is 1. The van der Waals surface area contributed by atoms with Gasteiger partial charge in [-0.25, -0.2) is 0 Å². The molecule has 0 radical (unpaired) electrons. The van der Waals surface area contributed by atoms with Gasteiger partial charge in [0.15, 0.2) is 0 Å². The molecule has 2 rings (SSSR count). The van der Waals surface area contributed by atoms with Crippen molar-refractivity contribution < 1.29 is 4.74 Å². The topological polar surface area (TPSA) is 25.0 Å². The van der Waals surface area contributed by atoms with Gasteiger partial charge in [0.25, 0.3) is 0 Å². The number of hydrogen-bond acceptors (Lipinski definition) is 1. The Morgan fingerprint density at radius 2 is 2.20 bits per heavy atom. The zero-order valence-corrected chi connectivity index (χ0v) is 10.5. The number of ether oxygens (including phenoxy) is 1. The molecule has 0 aliphatic heterocycles. The first kappa shape index (κ1) is 10.7. The fraction of sp³-hybridized carbons (Fsp3) is 0.333. The molecule has 0 bridgehead atoms. The quantitative estimate of drug-likeness (QED) is 0.898. The lowest BCUT2D eigenvalue weighted by Crippen LogP contribution is -2.01. The molecule has 0 saturated heterocycles. The van der Waals surface area contributed by atoms with E-state index < -0.39 is 0 Å². The third-order valence-electron chi connectivity index (χ3n) is 2.30. The van der Waals surface area contributed by atoms with Crippen LogP contribution in [-0.4, -0.2) is 11.1 Å². The molecule has 0 fully saturated rings. The third-order valence-corrected chi connectivity index (χ3v) is 2.79. The average molecular weight is 268 g/mol. The molecule has 1 heterocycles. The number of aromatic nitrogens is 1. The van der Waals surface area contributed by atoms with Gasteiger partial charge < -0.3 is 9.72 Å². The lowest BCUT2D eigenvalue weighted by Gasteiger charge is -2.06. The van der Waals surface area contributed by atoms with E-state index in [9.17, 15) is 0 Å². The van der Waals surface area contributed by atoms with E-state index in [0.717, 1.165) is 9.99 Å². The summed E-state index contributed by atoms with van der Waals surface area (Å²) in [6.07, 6.45) is 2.28. The molecule has 1 aromatic carbocycles. The number of fused-ring (bicyclic) bond motifs is 1. The van der Waals surface area contributed by atoms with Gasteiger partial charge in [-0.2, -0.15) is 0 Å². The summed E-state index contributed by atoms with van der Waals surface area (Å²) >= 11 is 3.45. The van der Waals surface area contributed by atoms with Crippen LogP contribution in [0.2, 0.25) is 0 Å². The summed E-state index contributed by atoms with van der Waals surface area (Å²) in [7, 11) is 0. The Morgan fingerprint density at radius 1 is 1.40 bits per heavy atom. The highest BCUT2D eigenvalue weighted by molar-refractivity contribution is 9.10. The first-order chi connectivity index (χ1) is 7.16. The van der Waals surface area contributed by atoms with Crippen LogP contribution in [0.15, 0.2) is 28.9 Å². The van der Waals surface area contributed by atoms with E-state index in [1.54, 1.807) is 0 Å². The molecule has 80 valence electrons. The standard InChI is InChI=1S/C12H14BrNO/c1-8(2)15-7-9-6-14-12-5-10(13)3-4-11(9)12/h3-6,8,14H,7H2,1-2H3. The van der Waals surface area contributed by atoms with Gasteiger partial charge in [0.05, 0.1) is 12.7 Å². The fourth-order valence-corrected chi connectivity index (χ4v) is 1.90. The van der Waals surface area contributed by atoms with Crippen molar-refractivity contribution in [3.63, 3.8) is 0 Å². The number of hydrogen-bond donors (Lipinski definition) is 1. The summed E-state index contributed by atoms with van der Waals surface area (Å²) in [6, 6.07) is 6.23. The van der Waals surface area contributed by atoms with Gasteiger partial charge in [0, 0.05) is 27.1 Å². The van der Waals surface area contributed by atoms with Crippen LogP contribution < -0.4 is 0 Å². The average Bonchev–Trinajstić information content (AvgIpc) is 2.57. The highest BCUT2D eigenvalue weighted by Crippen LogP contribution is 2.22. The molecular formula is C12H14BrNO. The molecule has 1 aromatic heterocycles. The van der Waals surface area contributed by atoms with E-state index in [1.165, 1.54) is 10.9 Å². The minimum absolute atomic E-state index is 0.269. The van der Waals surface area contributed by atoms with Gasteiger partial charge in [-0.15, -0.1) is 0 Å². The summed E-state index contributed by atoms with van der Waals surface area (Å²) in [5.74, 6) is 0. The maximum absolute atomic E-state index is 5.59. The lowest BCUT2D eigenvalue weighted by molar-refractivity contribution is 0.0664. The molecule has 0 saturated carbocycles. The number of benzene rings is 1. The molecule has 1 N–H and O–H groups in total. The van der Waals surface area contributed by atoms with Crippen LogP contribution in [-0.2, 0) is 11.3 Å². The highest BCUT2D eigenvalue weighted by atomic mass is 79.9. The number of halogens is 1. The van der Waals surface area contributed by atoms with Crippen LogP contribution in [0.5, 0.6) is 0 Å². The first-order valence-corrected chi connectivity index (χ1v) is 5.83. The van der Waals surface area contributed by atoms with Gasteiger partial charge >= 0.3 is 0 Å². The van der Waals surface area contributed by atoms with E-state index in [-0.39, 0.29) is 6.10 Å². The van der Waals surface area contributed by atoms with Crippen LogP contribution >= 0.6 is 15.9 Å². The molecule has 0 spiro atoms. The zero-order valence-electron chi connectivity index (χ0n) is 8.88. The first-order valence-electron chi connectivity index (χ1n) is 5.04. The van der Waals surface area contributed by atoms with Crippen molar-refractivity contribution in [2.75, 3.05) is 0 Å². The van der Waals surface area contributed by atoms with Gasteiger partial charge in [0.2, 0.25) is 0 Å². The van der Waals surface area contributed by atoms with Crippen molar-refractivity contribution in [3.8, 4) is 0 Å². The summed E-state index contributed by atoms with van der Waals surface area (Å²) in [5.41, 5.74) is 2.36. The maximum atomic E-state index is 5.59. The molecule has 0 atom stereocenters. The predicted octanol–water partition coefficient (Wildman–Crippen LogP) is 3.86. The smallest absolute Gasteiger partial charge is 0.0741 e. The Balaban J connectivity index is 2.29. The van der Waals surface area contributed by atoms with E-state index in [1.807, 2.05) is 20.0 Å². The second kappa shape index (κ2) is 4.37. The van der Waals surface area contributed by atoms with Crippen LogP contribution in [0, 0.1) is 0 Å². The Kier molecular flexibility index (Phi) is 3.12. The summed E-state index contributed by atoms with van der Waals surface area (Å²) in [4.78, 5) is 3.24. The molecule has 2 nitrogen and oxygen atoms in total. The van der Waals surface area contributed by atoms with E-state index in [0.29, 0.717) is 6.61 Å². The van der Waals surface area contributed by atoms with Crippen LogP contribution in [0.3, 0.4) is 0 Å². The van der Waals surface area contributed by atoms with Gasteiger partial charge in [-0.05, 0) is 26.0 Å². The minimum atomic E-state index is 0.269. The summed E-state index contributed by atoms with van der Waals surface area (Å²) in [6.45, 7) is 4.76. The third kappa shape index (κ3) is 2.41. The Hall–Kier alpha value is -0.800. The van der Waals surface area contributed by atoms with E-state index in [4.69, 9.17) is 4.74 Å². The predicted molar refractivity (Wildman–Crippen MR) is 65.9 cm³/mol. The molecular weight excluding hydrogens is 254 g/mol. The zero-order chi connectivity index (χ0) is 10.8. The lowest BCUT2D eigenvalue weighted by atomic mass is 10.2. The van der Waals surface area contributed by atoms with E-state index in [2.05, 4.69) is 39.1 Å². The van der Waals surface area contributed by atoms with Crippen molar-refractivity contribution in [1.82, 2.24) is 4.98 Å². The summed E-state index contributed by atoms with van der Waals surface area (Å²) in [5, 5.41) is 1.24. The monoisotopic (exact) mass is 267 g/mol. The van der Waals surface area contributed by atoms with E-state index >= 15 is 0 Å². The maximum Gasteiger partial charge on any atom is 0.0741 e. The Bertz CT molecular complexity index is 462. The van der Waals surface area contributed by atoms with Crippen molar-refractivity contribution in [1.29, 1.82) is 0 Å². The van der Waals surface area contributed by atoms with Crippen molar-refractivity contribution in [3.05, 3.63) is 34.4 Å². The van der Waals surface area contributed by atoms with Crippen molar-refractivity contribution in [2.45, 2.75) is 26.6 Å². The van der Waals surface area contributed by atoms with Crippen LogP contribution in [0.4, 0.5) is 0 Å². The van der Waals surface area contributed by atoms with Gasteiger partial charge in [-0.1, -0.05) is 22.0 Å². The van der Waals surface area contributed by atoms with Gasteiger partial charge in [0.1, 0.15) is 0 Å². The van der Waals surface area contributed by atoms with Crippen LogP contribution in [0.1, 0.15) is 19.4 Å². The number of rotatable bonds is 3. The van der Waals surface area contributed by atoms with Crippen LogP contribution in [0.25, 0.3) is 10.9 Å². The highest BCUT2D eigenvalue weighted by Gasteiger charge is 2.04. The molecule has 3 heteroatoms.